The summed E-state index contributed by atoms with van der Waals surface area (Å²) in [5.74, 6) is 0.775. The first kappa shape index (κ1) is 24.6. The van der Waals surface area contributed by atoms with Crippen molar-refractivity contribution in [3.8, 4) is 11.5 Å². The number of benzene rings is 3. The first-order valence-corrected chi connectivity index (χ1v) is 13.8. The van der Waals surface area contributed by atoms with Crippen LogP contribution in [-0.4, -0.2) is 17.6 Å². The molecule has 6 rings (SSSR count). The second-order valence-electron chi connectivity index (χ2n) is 9.14. The van der Waals surface area contributed by atoms with Crippen LogP contribution in [0, 0.1) is 0 Å². The molecule has 0 spiro atoms. The Balaban J connectivity index is 1.57. The van der Waals surface area contributed by atoms with E-state index >= 15 is 0 Å². The van der Waals surface area contributed by atoms with Crippen molar-refractivity contribution in [2.45, 2.75) is 25.8 Å². The number of halogens is 1. The molecule has 0 fully saturated rings. The molecule has 8 heteroatoms. The van der Waals surface area contributed by atoms with Crippen molar-refractivity contribution in [3.05, 3.63) is 119 Å². The van der Waals surface area contributed by atoms with Crippen molar-refractivity contribution in [3.63, 3.8) is 0 Å². The third-order valence-corrected chi connectivity index (χ3v) is 8.42. The number of hydrogen-bond donors (Lipinski definition) is 0. The molecule has 2 heterocycles. The minimum Gasteiger partial charge on any atom is -0.496 e. The zero-order valence-electron chi connectivity index (χ0n) is 20.7. The average molecular weight is 587 g/mol. The van der Waals surface area contributed by atoms with E-state index in [0.29, 0.717) is 19.6 Å². The van der Waals surface area contributed by atoms with Crippen LogP contribution in [-0.2, 0) is 11.2 Å². The summed E-state index contributed by atoms with van der Waals surface area (Å²) in [7, 11) is 1.66. The maximum atomic E-state index is 14.0. The molecular weight excluding hydrogens is 564 g/mol. The number of fused-ring (bicyclic) bond motifs is 3. The summed E-state index contributed by atoms with van der Waals surface area (Å²) < 4.78 is 14.0. The van der Waals surface area contributed by atoms with Gasteiger partial charge < -0.3 is 9.47 Å². The molecule has 0 saturated heterocycles. The quantitative estimate of drug-likeness (QED) is 0.249. The lowest BCUT2D eigenvalue weighted by atomic mass is 9.83. The average Bonchev–Trinajstić information content (AvgIpc) is 3.23. The maximum absolute atomic E-state index is 14.0. The zero-order valence-corrected chi connectivity index (χ0v) is 23.1. The lowest BCUT2D eigenvalue weighted by Crippen LogP contribution is -2.39. The first-order valence-electron chi connectivity index (χ1n) is 12.2. The molecule has 0 saturated carbocycles. The predicted octanol–water partition coefficient (Wildman–Crippen LogP) is 5.02. The number of carbonyl (C=O) groups excluding carboxylic acids is 1. The number of methoxy groups -OCH3 is 1. The predicted molar refractivity (Wildman–Crippen MR) is 151 cm³/mol. The third-order valence-electron chi connectivity index (χ3n) is 6.81. The Hall–Kier alpha value is -3.75. The second-order valence-corrected chi connectivity index (χ2v) is 11.0. The number of rotatable bonds is 4. The van der Waals surface area contributed by atoms with Gasteiger partial charge in [-0.1, -0.05) is 59.9 Å². The Morgan fingerprint density at radius 1 is 1.08 bits per heavy atom. The van der Waals surface area contributed by atoms with Crippen LogP contribution in [0.25, 0.3) is 11.8 Å². The number of ether oxygens (including phenoxy) is 2. The molecule has 1 atom stereocenters. The van der Waals surface area contributed by atoms with Crippen LogP contribution in [0.5, 0.6) is 11.5 Å². The van der Waals surface area contributed by atoms with Crippen molar-refractivity contribution in [2.75, 3.05) is 7.11 Å². The van der Waals surface area contributed by atoms with Crippen LogP contribution in [0.15, 0.2) is 86.6 Å². The Kier molecular flexibility index (Phi) is 6.37. The van der Waals surface area contributed by atoms with Crippen LogP contribution in [0.4, 0.5) is 0 Å². The van der Waals surface area contributed by atoms with Gasteiger partial charge in [0.05, 0.1) is 27.9 Å². The number of para-hydroxylation sites is 1. The van der Waals surface area contributed by atoms with Crippen molar-refractivity contribution in [1.29, 1.82) is 0 Å². The van der Waals surface area contributed by atoms with E-state index in [-0.39, 0.29) is 11.6 Å². The summed E-state index contributed by atoms with van der Waals surface area (Å²) in [4.78, 5) is 31.0. The minimum absolute atomic E-state index is 0.102. The van der Waals surface area contributed by atoms with Gasteiger partial charge in [0.15, 0.2) is 4.80 Å². The van der Waals surface area contributed by atoms with Crippen LogP contribution < -0.4 is 24.4 Å². The van der Waals surface area contributed by atoms with E-state index < -0.39 is 5.97 Å². The fraction of sp³-hybridized carbons (Fsp3) is 0.167. The molecule has 0 amide bonds. The highest BCUT2D eigenvalue weighted by molar-refractivity contribution is 9.10. The lowest BCUT2D eigenvalue weighted by Gasteiger charge is -2.31. The van der Waals surface area contributed by atoms with E-state index in [9.17, 15) is 9.59 Å². The van der Waals surface area contributed by atoms with Gasteiger partial charge in [-0.05, 0) is 69.7 Å². The topological polar surface area (TPSA) is 69.9 Å². The summed E-state index contributed by atoms with van der Waals surface area (Å²) in [5, 5.41) is 0. The molecule has 0 radical (unpaired) electrons. The van der Waals surface area contributed by atoms with E-state index in [1.54, 1.807) is 13.2 Å². The normalized spacial score (nSPS) is 16.3. The molecule has 38 heavy (non-hydrogen) atoms. The number of aromatic nitrogens is 1. The van der Waals surface area contributed by atoms with Crippen molar-refractivity contribution in [2.24, 2.45) is 4.99 Å². The fourth-order valence-corrected chi connectivity index (χ4v) is 6.67. The molecule has 1 aromatic heterocycles. The largest absolute Gasteiger partial charge is 0.496 e. The molecule has 1 aliphatic heterocycles. The van der Waals surface area contributed by atoms with E-state index in [0.717, 1.165) is 46.6 Å². The Morgan fingerprint density at radius 2 is 1.87 bits per heavy atom. The van der Waals surface area contributed by atoms with Gasteiger partial charge in [0.2, 0.25) is 0 Å². The maximum Gasteiger partial charge on any atom is 0.308 e. The molecule has 0 bridgehead atoms. The molecule has 3 aromatic carbocycles. The number of thiazole rings is 1. The smallest absolute Gasteiger partial charge is 0.308 e. The molecule has 2 aliphatic rings. The highest BCUT2D eigenvalue weighted by Gasteiger charge is 2.33. The molecule has 190 valence electrons. The van der Waals surface area contributed by atoms with Gasteiger partial charge in [-0.3, -0.25) is 14.2 Å². The lowest BCUT2D eigenvalue weighted by molar-refractivity contribution is -0.131. The van der Waals surface area contributed by atoms with Gasteiger partial charge in [-0.2, -0.15) is 0 Å². The summed E-state index contributed by atoms with van der Waals surface area (Å²) in [6, 6.07) is 21.3. The van der Waals surface area contributed by atoms with Crippen molar-refractivity contribution < 1.29 is 14.3 Å². The SMILES string of the molecule is COc1ccccc1[C@H]1C2=C(N=c3s/c(=C/c4ccc(OC(C)=O)c(Br)c4)c(=O)n31)c1ccccc1CC2. The standard InChI is InChI=1S/C30H23BrN2O4S/c1-17(34)37-25-14-11-18(15-23(25)31)16-26-29(35)33-28(21-9-5-6-10-24(21)36-2)22-13-12-19-7-3-4-8-20(19)27(22)32-30(33)38-26/h3-11,14-16,28H,12-13H2,1-2H3/b26-16+/t28-/m0/s1. The molecule has 6 nitrogen and oxygen atoms in total. The van der Waals surface area contributed by atoms with E-state index in [1.165, 1.54) is 23.8 Å². The highest BCUT2D eigenvalue weighted by atomic mass is 79.9. The van der Waals surface area contributed by atoms with Crippen LogP contribution >= 0.6 is 27.3 Å². The molecular formula is C30H23BrN2O4S. The van der Waals surface area contributed by atoms with Crippen LogP contribution in [0.2, 0.25) is 0 Å². The minimum atomic E-state index is -0.395. The Morgan fingerprint density at radius 3 is 2.66 bits per heavy atom. The number of esters is 1. The van der Waals surface area contributed by atoms with Gasteiger partial charge >= 0.3 is 5.97 Å². The van der Waals surface area contributed by atoms with Crippen molar-refractivity contribution in [1.82, 2.24) is 4.57 Å². The molecule has 0 unspecified atom stereocenters. The third kappa shape index (κ3) is 4.23. The Bertz CT molecular complexity index is 1820. The summed E-state index contributed by atoms with van der Waals surface area (Å²) in [6.07, 6.45) is 3.55. The summed E-state index contributed by atoms with van der Waals surface area (Å²) in [6.45, 7) is 1.36. The second kappa shape index (κ2) is 9.85. The number of nitrogens with zero attached hydrogens (tertiary/aromatic N) is 2. The number of carbonyl (C=O) groups is 1. The number of allylic oxidation sites excluding steroid dienone is 1. The number of aryl methyl sites for hydroxylation is 1. The van der Waals surface area contributed by atoms with Gasteiger partial charge in [-0.25, -0.2) is 4.99 Å². The monoisotopic (exact) mass is 586 g/mol. The zero-order chi connectivity index (χ0) is 26.4. The summed E-state index contributed by atoms with van der Waals surface area (Å²) in [5.41, 5.74) is 6.11. The van der Waals surface area contributed by atoms with E-state index in [2.05, 4.69) is 34.1 Å². The van der Waals surface area contributed by atoms with E-state index in [4.69, 9.17) is 14.5 Å². The fourth-order valence-electron chi connectivity index (χ4n) is 5.19. The van der Waals surface area contributed by atoms with Gasteiger partial charge in [0, 0.05) is 18.1 Å². The molecule has 1 aliphatic carbocycles. The van der Waals surface area contributed by atoms with Crippen LogP contribution in [0.3, 0.4) is 0 Å². The van der Waals surface area contributed by atoms with Crippen molar-refractivity contribution >= 4 is 45.0 Å². The summed E-state index contributed by atoms with van der Waals surface area (Å²) >= 11 is 4.83. The van der Waals surface area contributed by atoms with Crippen LogP contribution in [0.1, 0.15) is 41.6 Å². The molecule has 4 aromatic rings. The first-order chi connectivity index (χ1) is 18.4. The molecule has 0 N–H and O–H groups in total. The highest BCUT2D eigenvalue weighted by Crippen LogP contribution is 2.43. The Labute approximate surface area is 231 Å². The van der Waals surface area contributed by atoms with Gasteiger partial charge in [0.25, 0.3) is 5.56 Å². The van der Waals surface area contributed by atoms with E-state index in [1.807, 2.05) is 53.1 Å². The number of hydrogen-bond acceptors (Lipinski definition) is 6. The van der Waals surface area contributed by atoms with Gasteiger partial charge in [0.1, 0.15) is 11.5 Å². The van der Waals surface area contributed by atoms with Gasteiger partial charge in [-0.15, -0.1) is 0 Å².